The zero-order chi connectivity index (χ0) is 26.6. The van der Waals surface area contributed by atoms with Gasteiger partial charge >= 0.3 is 0 Å². The van der Waals surface area contributed by atoms with Crippen LogP contribution in [0.25, 0.3) is 11.1 Å². The monoisotopic (exact) mass is 624 g/mol. The highest BCUT2D eigenvalue weighted by Gasteiger charge is 2.49. The summed E-state index contributed by atoms with van der Waals surface area (Å²) in [6.07, 6.45) is 0. The molecule has 0 aromatic heterocycles. The zero-order valence-electron chi connectivity index (χ0n) is 20.7. The van der Waals surface area contributed by atoms with Gasteiger partial charge in [-0.3, -0.25) is 19.4 Å². The number of anilines is 2. The van der Waals surface area contributed by atoms with Crippen LogP contribution in [0, 0.1) is 13.8 Å². The number of nitrogens with zero attached hydrogens (tertiary/aromatic N) is 2. The first kappa shape index (κ1) is 24.6. The number of hydrogen-bond donors (Lipinski definition) is 0. The molecule has 2 heterocycles. The molecule has 2 aliphatic heterocycles. The van der Waals surface area contributed by atoms with Crippen LogP contribution in [-0.2, 0) is 9.59 Å². The number of aryl methyl sites for hydroxylation is 2. The Morgan fingerprint density at radius 2 is 0.789 bits per heavy atom. The van der Waals surface area contributed by atoms with E-state index >= 15 is 0 Å². The molecule has 4 aromatic carbocycles. The van der Waals surface area contributed by atoms with E-state index in [-0.39, 0.29) is 11.8 Å². The lowest BCUT2D eigenvalue weighted by Crippen LogP contribution is -2.27. The minimum Gasteiger partial charge on any atom is -0.274 e. The van der Waals surface area contributed by atoms with E-state index in [1.165, 1.54) is 0 Å². The van der Waals surface area contributed by atoms with Crippen LogP contribution in [-0.4, -0.2) is 11.8 Å². The lowest BCUT2D eigenvalue weighted by Gasteiger charge is -2.20. The van der Waals surface area contributed by atoms with Gasteiger partial charge in [-0.1, -0.05) is 91.5 Å². The Labute approximate surface area is 238 Å². The molecule has 0 unspecified atom stereocenters. The highest BCUT2D eigenvalue weighted by atomic mass is 79.9. The van der Waals surface area contributed by atoms with E-state index in [9.17, 15) is 9.59 Å². The normalized spacial score (nSPS) is 15.2. The molecule has 6 heteroatoms. The minimum absolute atomic E-state index is 0.166. The van der Waals surface area contributed by atoms with Crippen molar-refractivity contribution in [2.45, 2.75) is 13.8 Å². The maximum atomic E-state index is 14.3. The minimum atomic E-state index is -0.166. The lowest BCUT2D eigenvalue weighted by molar-refractivity contribution is -0.112. The molecule has 6 rings (SSSR count). The van der Waals surface area contributed by atoms with Gasteiger partial charge in [-0.25, -0.2) is 0 Å². The molecule has 0 radical (unpaired) electrons. The Balaban J connectivity index is 1.68. The average Bonchev–Trinajstić information content (AvgIpc) is 3.35. The average molecular weight is 626 g/mol. The van der Waals surface area contributed by atoms with Crippen LogP contribution in [0.15, 0.2) is 117 Å². The van der Waals surface area contributed by atoms with Crippen molar-refractivity contribution in [3.63, 3.8) is 0 Å². The number of rotatable bonds is 4. The van der Waals surface area contributed by atoms with Crippen molar-refractivity contribution in [2.24, 2.45) is 0 Å². The maximum Gasteiger partial charge on any atom is 0.265 e. The molecule has 4 aromatic rings. The van der Waals surface area contributed by atoms with Gasteiger partial charge in [0, 0.05) is 20.3 Å². The maximum absolute atomic E-state index is 14.3. The zero-order valence-corrected chi connectivity index (χ0v) is 23.9. The summed E-state index contributed by atoms with van der Waals surface area (Å²) in [5.74, 6) is -0.333. The molecule has 0 spiro atoms. The Morgan fingerprint density at radius 1 is 0.474 bits per heavy atom. The van der Waals surface area contributed by atoms with Gasteiger partial charge in [-0.05, 0) is 73.5 Å². The summed E-state index contributed by atoms with van der Waals surface area (Å²) >= 11 is 7.01. The second kappa shape index (κ2) is 9.53. The Kier molecular flexibility index (Phi) is 6.17. The van der Waals surface area contributed by atoms with E-state index in [1.807, 2.05) is 111 Å². The van der Waals surface area contributed by atoms with Gasteiger partial charge < -0.3 is 0 Å². The van der Waals surface area contributed by atoms with Gasteiger partial charge in [0.1, 0.15) is 0 Å². The number of hydrogen-bond acceptors (Lipinski definition) is 2. The van der Waals surface area contributed by atoms with E-state index in [4.69, 9.17) is 0 Å². The quantitative estimate of drug-likeness (QED) is 0.230. The van der Waals surface area contributed by atoms with Gasteiger partial charge in [0.25, 0.3) is 11.8 Å². The number of halogens is 2. The van der Waals surface area contributed by atoms with E-state index < -0.39 is 0 Å². The summed E-state index contributed by atoms with van der Waals surface area (Å²) < 4.78 is 1.83. The molecular weight excluding hydrogens is 604 g/mol. The van der Waals surface area contributed by atoms with Crippen molar-refractivity contribution < 1.29 is 9.59 Å². The number of fused-ring (bicyclic) bond motifs is 1. The number of carbonyl (C=O) groups excluding carboxylic acids is 2. The number of amides is 2. The number of carbonyl (C=O) groups is 2. The molecule has 0 saturated carbocycles. The largest absolute Gasteiger partial charge is 0.274 e. The second-order valence-corrected chi connectivity index (χ2v) is 11.2. The predicted octanol–water partition coefficient (Wildman–Crippen LogP) is 8.04. The second-order valence-electron chi connectivity index (χ2n) is 9.41. The first-order chi connectivity index (χ1) is 18.3. The number of benzene rings is 4. The summed E-state index contributed by atoms with van der Waals surface area (Å²) in [4.78, 5) is 32.1. The van der Waals surface area contributed by atoms with E-state index in [0.717, 1.165) is 31.2 Å². The van der Waals surface area contributed by atoms with Crippen LogP contribution in [0.1, 0.15) is 22.3 Å². The van der Waals surface area contributed by atoms with Crippen LogP contribution in [0.3, 0.4) is 0 Å². The summed E-state index contributed by atoms with van der Waals surface area (Å²) in [7, 11) is 0. The molecule has 186 valence electrons. The molecule has 4 nitrogen and oxygen atoms in total. The molecule has 0 fully saturated rings. The van der Waals surface area contributed by atoms with E-state index in [0.29, 0.717) is 33.9 Å². The van der Waals surface area contributed by atoms with Gasteiger partial charge in [-0.15, -0.1) is 0 Å². The van der Waals surface area contributed by atoms with E-state index in [1.54, 1.807) is 9.80 Å². The molecule has 0 aliphatic carbocycles. The predicted molar refractivity (Wildman–Crippen MR) is 159 cm³/mol. The third-order valence-corrected chi connectivity index (χ3v) is 7.89. The molecular formula is C32H22Br2N2O2. The molecule has 0 bridgehead atoms. The fraction of sp³-hybridized carbons (Fsp3) is 0.0625. The summed E-state index contributed by atoms with van der Waals surface area (Å²) in [5, 5.41) is 0. The van der Waals surface area contributed by atoms with Crippen LogP contribution < -0.4 is 9.80 Å². The first-order valence-electron chi connectivity index (χ1n) is 12.2. The van der Waals surface area contributed by atoms with Crippen LogP contribution in [0.5, 0.6) is 0 Å². The molecule has 0 atom stereocenters. The van der Waals surface area contributed by atoms with Crippen LogP contribution >= 0.6 is 31.9 Å². The summed E-state index contributed by atoms with van der Waals surface area (Å²) in [5.41, 5.74) is 7.31. The third kappa shape index (κ3) is 4.05. The van der Waals surface area contributed by atoms with Crippen LogP contribution in [0.2, 0.25) is 0 Å². The summed E-state index contributed by atoms with van der Waals surface area (Å²) in [6.45, 7) is 4.02. The SMILES string of the molecule is Cc1ccc(N2C(=O)C(c3ccc(Br)cc3)=C3C2=C(c2ccc(Br)cc2)C(=O)N3c2ccc(C)cc2)cc1. The van der Waals surface area contributed by atoms with Crippen LogP contribution in [0.4, 0.5) is 11.4 Å². The smallest absolute Gasteiger partial charge is 0.265 e. The fourth-order valence-electron chi connectivity index (χ4n) is 4.94. The van der Waals surface area contributed by atoms with Gasteiger partial charge in [0.05, 0.1) is 22.5 Å². The van der Waals surface area contributed by atoms with Crippen molar-refractivity contribution in [3.8, 4) is 0 Å². The standard InChI is InChI=1S/C32H22Br2N2O2/c1-19-3-15-25(16-4-19)35-29-27(21-7-11-23(33)12-8-21)32(38)36(26-17-5-20(2)6-18-26)30(29)28(31(35)37)22-9-13-24(34)14-10-22/h3-18H,1-2H3. The Bertz CT molecular complexity index is 1520. The molecule has 2 aliphatic rings. The highest BCUT2D eigenvalue weighted by molar-refractivity contribution is 9.10. The highest BCUT2D eigenvalue weighted by Crippen LogP contribution is 2.50. The Morgan fingerprint density at radius 3 is 1.11 bits per heavy atom. The fourth-order valence-corrected chi connectivity index (χ4v) is 5.46. The topological polar surface area (TPSA) is 40.6 Å². The molecule has 2 amide bonds. The molecule has 38 heavy (non-hydrogen) atoms. The Hall–Kier alpha value is -3.74. The lowest BCUT2D eigenvalue weighted by atomic mass is 10.0. The van der Waals surface area contributed by atoms with Crippen molar-refractivity contribution in [1.29, 1.82) is 0 Å². The van der Waals surface area contributed by atoms with E-state index in [2.05, 4.69) is 31.9 Å². The van der Waals surface area contributed by atoms with Crippen molar-refractivity contribution in [1.82, 2.24) is 0 Å². The van der Waals surface area contributed by atoms with Gasteiger partial charge in [-0.2, -0.15) is 0 Å². The van der Waals surface area contributed by atoms with Gasteiger partial charge in [0.2, 0.25) is 0 Å². The van der Waals surface area contributed by atoms with Crippen molar-refractivity contribution in [3.05, 3.63) is 140 Å². The third-order valence-electron chi connectivity index (χ3n) is 6.83. The molecule has 0 saturated heterocycles. The molecule has 0 N–H and O–H groups in total. The van der Waals surface area contributed by atoms with Gasteiger partial charge in [0.15, 0.2) is 0 Å². The first-order valence-corrected chi connectivity index (χ1v) is 13.7. The summed E-state index contributed by atoms with van der Waals surface area (Å²) in [6, 6.07) is 31.0. The van der Waals surface area contributed by atoms with Crippen molar-refractivity contribution >= 4 is 66.2 Å². The van der Waals surface area contributed by atoms with Crippen molar-refractivity contribution in [2.75, 3.05) is 9.80 Å².